The molecule has 1 aliphatic rings. The van der Waals surface area contributed by atoms with E-state index in [4.69, 9.17) is 9.15 Å². The first kappa shape index (κ1) is 20.3. The van der Waals surface area contributed by atoms with E-state index in [2.05, 4.69) is 0 Å². The molecule has 7 nitrogen and oxygen atoms in total. The van der Waals surface area contributed by atoms with Gasteiger partial charge >= 0.3 is 5.97 Å². The van der Waals surface area contributed by atoms with Crippen LogP contribution in [0.2, 0.25) is 0 Å². The predicted octanol–water partition coefficient (Wildman–Crippen LogP) is 1.08. The number of hydrogen-bond donors (Lipinski definition) is 1. The molecule has 1 fully saturated rings. The summed E-state index contributed by atoms with van der Waals surface area (Å²) in [5, 5.41) is 1.27. The van der Waals surface area contributed by atoms with Gasteiger partial charge in [-0.15, -0.1) is 0 Å². The molecule has 0 saturated carbocycles. The average molecular weight is 405 g/mol. The van der Waals surface area contributed by atoms with E-state index >= 15 is 0 Å². The van der Waals surface area contributed by atoms with Gasteiger partial charge in [-0.3, -0.25) is 0 Å². The zero-order valence-corrected chi connectivity index (χ0v) is 16.9. The maximum atomic E-state index is 12.5. The van der Waals surface area contributed by atoms with E-state index in [0.717, 1.165) is 5.56 Å². The van der Waals surface area contributed by atoms with Gasteiger partial charge in [-0.05, 0) is 18.6 Å². The maximum absolute atomic E-state index is 12.5. The van der Waals surface area contributed by atoms with E-state index in [1.54, 1.807) is 19.1 Å². The summed E-state index contributed by atoms with van der Waals surface area (Å²) < 4.78 is 37.0. The van der Waals surface area contributed by atoms with E-state index in [-0.39, 0.29) is 0 Å². The Morgan fingerprint density at radius 1 is 1.25 bits per heavy atom. The van der Waals surface area contributed by atoms with Gasteiger partial charge in [-0.2, -0.15) is 4.31 Å². The van der Waals surface area contributed by atoms with Crippen molar-refractivity contribution in [2.45, 2.75) is 13.5 Å². The summed E-state index contributed by atoms with van der Waals surface area (Å²) in [7, 11) is -2.10. The van der Waals surface area contributed by atoms with Crippen LogP contribution in [0.1, 0.15) is 27.4 Å². The molecule has 0 spiro atoms. The van der Waals surface area contributed by atoms with Crippen LogP contribution in [0.4, 0.5) is 0 Å². The van der Waals surface area contributed by atoms with Crippen molar-refractivity contribution in [1.82, 2.24) is 4.31 Å². The summed E-state index contributed by atoms with van der Waals surface area (Å²) in [5.41, 5.74) is 1.29. The normalized spacial score (nSPS) is 16.5. The predicted molar refractivity (Wildman–Crippen MR) is 105 cm³/mol. The second kappa shape index (κ2) is 8.72. The highest BCUT2D eigenvalue weighted by molar-refractivity contribution is 7.92. The molecule has 3 rings (SSSR count). The van der Waals surface area contributed by atoms with Gasteiger partial charge in [0.2, 0.25) is 10.0 Å². The lowest BCUT2D eigenvalue weighted by molar-refractivity contribution is -0.918. The van der Waals surface area contributed by atoms with Crippen LogP contribution in [-0.4, -0.2) is 52.0 Å². The fraction of sp³-hybridized carbons (Fsp3) is 0.350. The number of carbonyl (C=O) groups excluding carboxylic acids is 1. The number of sulfonamides is 1. The molecule has 2 aromatic rings. The lowest BCUT2D eigenvalue weighted by Gasteiger charge is -2.30. The summed E-state index contributed by atoms with van der Waals surface area (Å²) in [6.45, 7) is 4.57. The van der Waals surface area contributed by atoms with Crippen LogP contribution in [-0.2, 0) is 21.3 Å². The van der Waals surface area contributed by atoms with Crippen molar-refractivity contribution < 1.29 is 27.3 Å². The lowest BCUT2D eigenvalue weighted by atomic mass is 10.2. The van der Waals surface area contributed by atoms with E-state index < -0.39 is 16.0 Å². The number of esters is 1. The minimum atomic E-state index is -3.44. The first-order valence-corrected chi connectivity index (χ1v) is 10.6. The van der Waals surface area contributed by atoms with Crippen LogP contribution < -0.4 is 4.90 Å². The molecule has 1 N–H and O–H groups in total. The van der Waals surface area contributed by atoms with Gasteiger partial charge in [0.25, 0.3) is 0 Å². The molecule has 150 valence electrons. The first-order valence-electron chi connectivity index (χ1n) is 9.13. The third-order valence-corrected chi connectivity index (χ3v) is 6.38. The molecule has 0 radical (unpaired) electrons. The van der Waals surface area contributed by atoms with Crippen LogP contribution in [0.3, 0.4) is 0 Å². The Balaban J connectivity index is 1.57. The minimum absolute atomic E-state index is 0.413. The fourth-order valence-electron chi connectivity index (χ4n) is 3.24. The minimum Gasteiger partial charge on any atom is -0.465 e. The lowest BCUT2D eigenvalue weighted by Crippen LogP contribution is -3.13. The number of benzene rings is 1. The molecule has 1 saturated heterocycles. The zero-order chi connectivity index (χ0) is 20.1. The van der Waals surface area contributed by atoms with Crippen molar-refractivity contribution in [1.29, 1.82) is 0 Å². The van der Waals surface area contributed by atoms with Crippen LogP contribution in [0.15, 0.2) is 46.2 Å². The average Bonchev–Trinajstić information content (AvgIpc) is 3.07. The molecule has 0 atom stereocenters. The molecule has 0 unspecified atom stereocenters. The van der Waals surface area contributed by atoms with Gasteiger partial charge in [0.05, 0.1) is 33.3 Å². The summed E-state index contributed by atoms with van der Waals surface area (Å²) in [5.74, 6) is 0.824. The molecule has 1 aliphatic heterocycles. The number of methoxy groups -OCH3 is 1. The largest absolute Gasteiger partial charge is 0.465 e. The molecule has 8 heteroatoms. The van der Waals surface area contributed by atoms with Gasteiger partial charge in [0.1, 0.15) is 17.9 Å². The van der Waals surface area contributed by atoms with Gasteiger partial charge in [-0.25, -0.2) is 13.2 Å². The smallest absolute Gasteiger partial charge is 0.341 e. The molecule has 0 amide bonds. The molecule has 0 bridgehead atoms. The molecular weight excluding hydrogens is 380 g/mol. The van der Waals surface area contributed by atoms with Crippen LogP contribution >= 0.6 is 0 Å². The van der Waals surface area contributed by atoms with Crippen LogP contribution in [0.5, 0.6) is 0 Å². The fourth-order valence-corrected chi connectivity index (χ4v) is 4.43. The molecule has 2 heterocycles. The monoisotopic (exact) mass is 405 g/mol. The van der Waals surface area contributed by atoms with Crippen molar-refractivity contribution >= 4 is 22.1 Å². The number of rotatable bonds is 6. The second-order valence-corrected chi connectivity index (χ2v) is 8.58. The van der Waals surface area contributed by atoms with Gasteiger partial charge < -0.3 is 14.1 Å². The highest BCUT2D eigenvalue weighted by Crippen LogP contribution is 2.15. The highest BCUT2D eigenvalue weighted by Gasteiger charge is 2.28. The van der Waals surface area contributed by atoms with E-state index in [9.17, 15) is 13.2 Å². The van der Waals surface area contributed by atoms with E-state index in [1.807, 2.05) is 30.3 Å². The number of nitrogens with zero attached hydrogens (tertiary/aromatic N) is 1. The Labute approximate surface area is 165 Å². The Morgan fingerprint density at radius 3 is 2.57 bits per heavy atom. The maximum Gasteiger partial charge on any atom is 0.341 e. The van der Waals surface area contributed by atoms with Crippen LogP contribution in [0, 0.1) is 6.92 Å². The summed E-state index contributed by atoms with van der Waals surface area (Å²) in [4.78, 5) is 12.9. The molecule has 28 heavy (non-hydrogen) atoms. The first-order chi connectivity index (χ1) is 13.4. The highest BCUT2D eigenvalue weighted by atomic mass is 32.2. The van der Waals surface area contributed by atoms with Gasteiger partial charge in [-0.1, -0.05) is 30.3 Å². The number of piperazine rings is 1. The van der Waals surface area contributed by atoms with Gasteiger partial charge in [0, 0.05) is 11.5 Å². The topological polar surface area (TPSA) is 81.3 Å². The standard InChI is InChI=1S/C20H24N2O5S/c1-16-19(20(23)26-2)14-18(27-16)15-21-9-11-22(12-10-21)28(24,25)13-8-17-6-4-3-5-7-17/h3-8,13-14H,9-12,15H2,1-2H3/p+1/b13-8+. The summed E-state index contributed by atoms with van der Waals surface area (Å²) in [6, 6.07) is 11.1. The Hall–Kier alpha value is -2.42. The van der Waals surface area contributed by atoms with E-state index in [0.29, 0.717) is 49.8 Å². The quantitative estimate of drug-likeness (QED) is 0.728. The second-order valence-electron chi connectivity index (χ2n) is 6.76. The van der Waals surface area contributed by atoms with Crippen molar-refractivity contribution in [3.8, 4) is 0 Å². The summed E-state index contributed by atoms with van der Waals surface area (Å²) >= 11 is 0. The van der Waals surface area contributed by atoms with Gasteiger partial charge in [0.15, 0.2) is 5.76 Å². The third-order valence-electron chi connectivity index (χ3n) is 4.82. The SMILES string of the molecule is COC(=O)c1cc(C[NH+]2CCN(S(=O)(=O)/C=C/c3ccccc3)CC2)oc1C. The number of quaternary nitrogens is 1. The molecule has 1 aromatic heterocycles. The molecule has 0 aliphatic carbocycles. The van der Waals surface area contributed by atoms with Crippen molar-refractivity contribution in [2.24, 2.45) is 0 Å². The van der Waals surface area contributed by atoms with Crippen LogP contribution in [0.25, 0.3) is 6.08 Å². The number of carbonyl (C=O) groups is 1. The van der Waals surface area contributed by atoms with Crippen molar-refractivity contribution in [3.05, 3.63) is 64.5 Å². The van der Waals surface area contributed by atoms with Crippen molar-refractivity contribution in [3.63, 3.8) is 0 Å². The summed E-state index contributed by atoms with van der Waals surface area (Å²) in [6.07, 6.45) is 1.62. The number of furan rings is 1. The Bertz CT molecular complexity index is 942. The number of hydrogen-bond acceptors (Lipinski definition) is 5. The number of nitrogens with one attached hydrogen (secondary N) is 1. The molecular formula is C20H25N2O5S+. The number of ether oxygens (including phenoxy) is 1. The Kier molecular flexibility index (Phi) is 6.33. The number of aryl methyl sites for hydroxylation is 1. The third kappa shape index (κ3) is 4.89. The van der Waals surface area contributed by atoms with Crippen molar-refractivity contribution in [2.75, 3.05) is 33.3 Å². The Morgan fingerprint density at radius 2 is 1.93 bits per heavy atom. The zero-order valence-electron chi connectivity index (χ0n) is 16.1. The van der Waals surface area contributed by atoms with E-state index in [1.165, 1.54) is 21.7 Å². The molecule has 1 aromatic carbocycles.